The third-order valence-corrected chi connectivity index (χ3v) is 5.50. The quantitative estimate of drug-likeness (QED) is 0.942. The minimum absolute atomic E-state index is 0.0707. The van der Waals surface area contributed by atoms with Crippen molar-refractivity contribution in [3.05, 3.63) is 53.8 Å². The molecule has 4 nitrogen and oxygen atoms in total. The van der Waals surface area contributed by atoms with Gasteiger partial charge in [0.1, 0.15) is 17.7 Å². The molecule has 6 heteroatoms. The van der Waals surface area contributed by atoms with Crippen molar-refractivity contribution in [1.29, 1.82) is 0 Å². The Hall–Kier alpha value is -1.92. The third kappa shape index (κ3) is 2.71. The maximum Gasteiger partial charge on any atom is 0.206 e. The lowest BCUT2D eigenvalue weighted by molar-refractivity contribution is 0.181. The first-order chi connectivity index (χ1) is 10.5. The number of halogens is 1. The summed E-state index contributed by atoms with van der Waals surface area (Å²) in [7, 11) is -3.77. The summed E-state index contributed by atoms with van der Waals surface area (Å²) < 4.78 is 44.1. The highest BCUT2D eigenvalue weighted by atomic mass is 32.2. The zero-order valence-corrected chi connectivity index (χ0v) is 12.6. The molecular weight excluding hydrogens is 305 g/mol. The SMILES string of the molecule is NCC1CCc2ccc(S(=O)(=O)c3cccc(F)c3)cc2O1. The summed E-state index contributed by atoms with van der Waals surface area (Å²) >= 11 is 0. The molecule has 0 aromatic heterocycles. The van der Waals surface area contributed by atoms with E-state index in [0.29, 0.717) is 12.3 Å². The van der Waals surface area contributed by atoms with E-state index in [1.165, 1.54) is 30.3 Å². The summed E-state index contributed by atoms with van der Waals surface area (Å²) in [6.45, 7) is 0.389. The summed E-state index contributed by atoms with van der Waals surface area (Å²) in [6.07, 6.45) is 1.52. The number of hydrogen-bond donors (Lipinski definition) is 1. The van der Waals surface area contributed by atoms with Crippen LogP contribution in [0.3, 0.4) is 0 Å². The predicted octanol–water partition coefficient (Wildman–Crippen LogP) is 2.31. The number of fused-ring (bicyclic) bond motifs is 1. The standard InChI is InChI=1S/C16H16FNO3S/c17-12-2-1-3-14(8-12)22(19,20)15-7-5-11-4-6-13(10-18)21-16(11)9-15/h1-3,5,7-9,13H,4,6,10,18H2. The molecule has 1 atom stereocenters. The highest BCUT2D eigenvalue weighted by Gasteiger charge is 2.23. The van der Waals surface area contributed by atoms with E-state index in [4.69, 9.17) is 10.5 Å². The molecule has 1 aliphatic heterocycles. The molecule has 1 heterocycles. The number of sulfone groups is 1. The highest BCUT2D eigenvalue weighted by Crippen LogP contribution is 2.32. The fourth-order valence-electron chi connectivity index (χ4n) is 2.51. The lowest BCUT2D eigenvalue weighted by atomic mass is 10.0. The number of rotatable bonds is 3. The Labute approximate surface area is 128 Å². The molecule has 0 fully saturated rings. The fraction of sp³-hybridized carbons (Fsp3) is 0.250. The predicted molar refractivity (Wildman–Crippen MR) is 80.1 cm³/mol. The van der Waals surface area contributed by atoms with Gasteiger partial charge in [-0.3, -0.25) is 0 Å². The van der Waals surface area contributed by atoms with E-state index in [-0.39, 0.29) is 15.9 Å². The largest absolute Gasteiger partial charge is 0.489 e. The fourth-order valence-corrected chi connectivity index (χ4v) is 3.82. The van der Waals surface area contributed by atoms with Gasteiger partial charge in [0.05, 0.1) is 9.79 Å². The lowest BCUT2D eigenvalue weighted by Crippen LogP contribution is -2.30. The summed E-state index contributed by atoms with van der Waals surface area (Å²) in [5.41, 5.74) is 6.57. The molecule has 22 heavy (non-hydrogen) atoms. The maximum atomic E-state index is 13.3. The van der Waals surface area contributed by atoms with Gasteiger partial charge in [0.2, 0.25) is 9.84 Å². The molecular formula is C16H16FNO3S. The van der Waals surface area contributed by atoms with Gasteiger partial charge in [0.25, 0.3) is 0 Å². The van der Waals surface area contributed by atoms with Crippen molar-refractivity contribution in [2.75, 3.05) is 6.54 Å². The molecule has 0 radical (unpaired) electrons. The molecule has 1 aliphatic rings. The normalized spacial score (nSPS) is 17.6. The Balaban J connectivity index is 2.02. The number of benzene rings is 2. The molecule has 116 valence electrons. The first-order valence-electron chi connectivity index (χ1n) is 7.01. The van der Waals surface area contributed by atoms with Crippen LogP contribution in [0.15, 0.2) is 52.3 Å². The Morgan fingerprint density at radius 2 is 1.95 bits per heavy atom. The van der Waals surface area contributed by atoms with Gasteiger partial charge in [-0.1, -0.05) is 12.1 Å². The van der Waals surface area contributed by atoms with Crippen molar-refractivity contribution in [3.8, 4) is 5.75 Å². The van der Waals surface area contributed by atoms with Crippen LogP contribution in [0.5, 0.6) is 5.75 Å². The molecule has 0 amide bonds. The Morgan fingerprint density at radius 1 is 1.18 bits per heavy atom. The van der Waals surface area contributed by atoms with Crippen molar-refractivity contribution in [1.82, 2.24) is 0 Å². The van der Waals surface area contributed by atoms with E-state index in [2.05, 4.69) is 0 Å². The van der Waals surface area contributed by atoms with E-state index >= 15 is 0 Å². The number of aryl methyl sites for hydroxylation is 1. The van der Waals surface area contributed by atoms with Crippen molar-refractivity contribution < 1.29 is 17.5 Å². The highest BCUT2D eigenvalue weighted by molar-refractivity contribution is 7.91. The average molecular weight is 321 g/mol. The van der Waals surface area contributed by atoms with Gasteiger partial charge in [-0.2, -0.15) is 0 Å². The van der Waals surface area contributed by atoms with Gasteiger partial charge >= 0.3 is 0 Å². The number of hydrogen-bond acceptors (Lipinski definition) is 4. The number of nitrogens with two attached hydrogens (primary N) is 1. The van der Waals surface area contributed by atoms with Gasteiger partial charge in [0, 0.05) is 6.54 Å². The Kier molecular flexibility index (Phi) is 3.88. The topological polar surface area (TPSA) is 69.4 Å². The molecule has 0 bridgehead atoms. The maximum absolute atomic E-state index is 13.3. The smallest absolute Gasteiger partial charge is 0.206 e. The van der Waals surface area contributed by atoms with Crippen molar-refractivity contribution in [2.45, 2.75) is 28.7 Å². The van der Waals surface area contributed by atoms with Crippen LogP contribution in [0.2, 0.25) is 0 Å². The Morgan fingerprint density at radius 3 is 2.68 bits per heavy atom. The van der Waals surface area contributed by atoms with Crippen LogP contribution in [0.1, 0.15) is 12.0 Å². The molecule has 0 saturated carbocycles. The van der Waals surface area contributed by atoms with Crippen LogP contribution in [0.25, 0.3) is 0 Å². The van der Waals surface area contributed by atoms with Crippen LogP contribution in [-0.4, -0.2) is 21.1 Å². The van der Waals surface area contributed by atoms with Crippen molar-refractivity contribution >= 4 is 9.84 Å². The molecule has 3 rings (SSSR count). The molecule has 2 aromatic carbocycles. The first-order valence-corrected chi connectivity index (χ1v) is 8.49. The summed E-state index contributed by atoms with van der Waals surface area (Å²) in [5.74, 6) is -0.0438. The summed E-state index contributed by atoms with van der Waals surface area (Å²) in [6, 6.07) is 9.75. The average Bonchev–Trinajstić information content (AvgIpc) is 2.53. The second kappa shape index (κ2) is 5.70. The Bertz CT molecular complexity index is 805. The minimum atomic E-state index is -3.77. The monoisotopic (exact) mass is 321 g/mol. The molecule has 0 aliphatic carbocycles. The van der Waals surface area contributed by atoms with Crippen molar-refractivity contribution in [3.63, 3.8) is 0 Å². The van der Waals surface area contributed by atoms with E-state index in [9.17, 15) is 12.8 Å². The van der Waals surface area contributed by atoms with Crippen LogP contribution in [-0.2, 0) is 16.3 Å². The summed E-state index contributed by atoms with van der Waals surface area (Å²) in [5, 5.41) is 0. The van der Waals surface area contributed by atoms with Gasteiger partial charge in [-0.05, 0) is 48.7 Å². The van der Waals surface area contributed by atoms with E-state index in [0.717, 1.165) is 24.5 Å². The minimum Gasteiger partial charge on any atom is -0.489 e. The van der Waals surface area contributed by atoms with E-state index in [1.807, 2.05) is 0 Å². The second-order valence-corrected chi connectivity index (χ2v) is 7.19. The van der Waals surface area contributed by atoms with E-state index < -0.39 is 15.7 Å². The first kappa shape index (κ1) is 15.0. The molecule has 0 spiro atoms. The third-order valence-electron chi connectivity index (χ3n) is 3.75. The molecule has 2 N–H and O–H groups in total. The van der Waals surface area contributed by atoms with E-state index in [1.54, 1.807) is 6.07 Å². The van der Waals surface area contributed by atoms with Crippen LogP contribution in [0, 0.1) is 5.82 Å². The molecule has 0 saturated heterocycles. The zero-order valence-electron chi connectivity index (χ0n) is 11.8. The van der Waals surface area contributed by atoms with Gasteiger partial charge in [-0.25, -0.2) is 12.8 Å². The van der Waals surface area contributed by atoms with Gasteiger partial charge in [0.15, 0.2) is 0 Å². The van der Waals surface area contributed by atoms with Crippen LogP contribution >= 0.6 is 0 Å². The van der Waals surface area contributed by atoms with Gasteiger partial charge < -0.3 is 10.5 Å². The number of ether oxygens (including phenoxy) is 1. The van der Waals surface area contributed by atoms with Crippen LogP contribution < -0.4 is 10.5 Å². The lowest BCUT2D eigenvalue weighted by Gasteiger charge is -2.25. The summed E-state index contributed by atoms with van der Waals surface area (Å²) in [4.78, 5) is 0.0214. The van der Waals surface area contributed by atoms with Crippen LogP contribution in [0.4, 0.5) is 4.39 Å². The van der Waals surface area contributed by atoms with Crippen molar-refractivity contribution in [2.24, 2.45) is 5.73 Å². The second-order valence-electron chi connectivity index (χ2n) is 5.24. The molecule has 2 aromatic rings. The van der Waals surface area contributed by atoms with Gasteiger partial charge in [-0.15, -0.1) is 0 Å². The molecule has 1 unspecified atom stereocenters. The zero-order chi connectivity index (χ0) is 15.7.